The molecule has 2 aliphatic heterocycles. The fourth-order valence-corrected chi connectivity index (χ4v) is 7.68. The molecule has 1 aromatic carbocycles. The van der Waals surface area contributed by atoms with Crippen LogP contribution < -0.4 is 5.32 Å². The lowest BCUT2D eigenvalue weighted by Crippen LogP contribution is -2.50. The predicted octanol–water partition coefficient (Wildman–Crippen LogP) is 2.03. The average molecular weight is 595 g/mol. The van der Waals surface area contributed by atoms with Crippen molar-refractivity contribution in [3.05, 3.63) is 59.1 Å². The van der Waals surface area contributed by atoms with Crippen molar-refractivity contribution in [2.24, 2.45) is 0 Å². The van der Waals surface area contributed by atoms with Crippen molar-refractivity contribution < 1.29 is 37.0 Å². The number of halogens is 1. The minimum Gasteiger partial charge on any atom is -0.480 e. The number of allylic oxidation sites excluding steroid dienone is 3. The molecule has 3 aliphatic rings. The highest BCUT2D eigenvalue weighted by molar-refractivity contribution is 8.01. The summed E-state index contributed by atoms with van der Waals surface area (Å²) < 4.78 is 46.3. The smallest absolute Gasteiger partial charge is 0.414 e. The zero-order chi connectivity index (χ0) is 28.9. The summed E-state index contributed by atoms with van der Waals surface area (Å²) in [4.78, 5) is 40.2. The van der Waals surface area contributed by atoms with Crippen molar-refractivity contribution in [1.29, 1.82) is 0 Å². The first-order valence-corrected chi connectivity index (χ1v) is 15.2. The molecule has 0 saturated carbocycles. The van der Waals surface area contributed by atoms with Crippen molar-refractivity contribution in [3.63, 3.8) is 0 Å². The van der Waals surface area contributed by atoms with E-state index in [-0.39, 0.29) is 35.6 Å². The zero-order valence-electron chi connectivity index (χ0n) is 21.9. The number of aliphatic carboxylic acids is 1. The number of sulfonamides is 1. The number of hydrogen-bond donors (Lipinski definition) is 2. The summed E-state index contributed by atoms with van der Waals surface area (Å²) in [6, 6.07) is 3.19. The van der Waals surface area contributed by atoms with Crippen LogP contribution in [0.4, 0.5) is 9.18 Å². The largest absolute Gasteiger partial charge is 0.480 e. The lowest BCUT2D eigenvalue weighted by atomic mass is 9.93. The van der Waals surface area contributed by atoms with E-state index in [4.69, 9.17) is 4.74 Å². The average Bonchev–Trinajstić information content (AvgIpc) is 3.29. The predicted molar refractivity (Wildman–Crippen MR) is 146 cm³/mol. The van der Waals surface area contributed by atoms with E-state index in [0.717, 1.165) is 48.1 Å². The molecule has 14 heteroatoms. The van der Waals surface area contributed by atoms with Crippen LogP contribution in [0.5, 0.6) is 0 Å². The Hall–Kier alpha value is -3.00. The second-order valence-corrected chi connectivity index (χ2v) is 12.7. The molecule has 0 radical (unpaired) electrons. The number of likely N-dealkylation sites (N-methyl/N-ethyl adjacent to an activating group) is 1. The number of benzene rings is 1. The molecule has 1 aromatic rings. The first kappa shape index (κ1) is 30.0. The van der Waals surface area contributed by atoms with Crippen LogP contribution >= 0.6 is 11.8 Å². The fourth-order valence-electron chi connectivity index (χ4n) is 4.59. The topological polar surface area (TPSA) is 137 Å². The first-order valence-electron chi connectivity index (χ1n) is 12.8. The molecule has 2 heterocycles. The van der Waals surface area contributed by atoms with Gasteiger partial charge < -0.3 is 19.6 Å². The Morgan fingerprint density at radius 2 is 1.93 bits per heavy atom. The van der Waals surface area contributed by atoms with E-state index >= 15 is 0 Å². The quantitative estimate of drug-likeness (QED) is 0.430. The van der Waals surface area contributed by atoms with Gasteiger partial charge in [-0.15, -0.1) is 11.8 Å². The van der Waals surface area contributed by atoms with E-state index in [1.807, 2.05) is 13.0 Å². The summed E-state index contributed by atoms with van der Waals surface area (Å²) in [5, 5.41) is 12.8. The van der Waals surface area contributed by atoms with Gasteiger partial charge in [0, 0.05) is 43.9 Å². The van der Waals surface area contributed by atoms with Gasteiger partial charge in [-0.05, 0) is 62.3 Å². The molecule has 1 aliphatic carbocycles. The van der Waals surface area contributed by atoms with Crippen LogP contribution in [0.25, 0.3) is 0 Å². The number of amides is 1. The van der Waals surface area contributed by atoms with Gasteiger partial charge in [0.25, 0.3) is 0 Å². The molecule has 40 heavy (non-hydrogen) atoms. The number of rotatable bonds is 8. The Labute approximate surface area is 236 Å². The van der Waals surface area contributed by atoms with Crippen LogP contribution in [-0.4, -0.2) is 103 Å². The maximum absolute atomic E-state index is 13.3. The first-order chi connectivity index (χ1) is 19.1. The summed E-state index contributed by atoms with van der Waals surface area (Å²) in [7, 11) is -2.03. The molecule has 216 valence electrons. The Bertz CT molecular complexity index is 1340. The second-order valence-electron chi connectivity index (χ2n) is 9.65. The number of nitrogens with one attached hydrogen (secondary N) is 1. The SMILES string of the molecule is CN1CCCN(C(=O)OC2=CC=C(C[C@H](NC3SCCN3S(=O)(=O)c3ccc(F)cc3)C(=O)O)C(=C=O)C2)CC1. The highest BCUT2D eigenvalue weighted by Gasteiger charge is 2.38. The minimum absolute atomic E-state index is 0.0234. The molecule has 1 amide bonds. The highest BCUT2D eigenvalue weighted by atomic mass is 32.2. The molecule has 2 N–H and O–H groups in total. The van der Waals surface area contributed by atoms with Gasteiger partial charge in [0.15, 0.2) is 0 Å². The number of carboxylic acid groups (broad SMARTS) is 1. The van der Waals surface area contributed by atoms with E-state index in [2.05, 4.69) is 10.2 Å². The third kappa shape index (κ3) is 7.19. The lowest BCUT2D eigenvalue weighted by Gasteiger charge is -2.28. The number of carbonyl (C=O) groups is 2. The molecular weight excluding hydrogens is 563 g/mol. The van der Waals surface area contributed by atoms with Crippen molar-refractivity contribution in [2.75, 3.05) is 45.5 Å². The highest BCUT2D eigenvalue weighted by Crippen LogP contribution is 2.31. The Balaban J connectivity index is 1.44. The van der Waals surface area contributed by atoms with E-state index in [1.165, 1.54) is 23.9 Å². The standard InChI is InChI=1S/C26H31FN4O7S2/c1-29-9-2-10-30(12-11-29)26(35)38-21-6-3-18(19(15-21)17-32)16-23(24(33)34)28-25-31(13-14-39-25)40(36,37)22-7-4-20(27)5-8-22/h3-8,23,25,28H,2,9-16H2,1H3,(H,33,34)/t23-,25?/m0/s1. The molecule has 4 rings (SSSR count). The molecule has 2 atom stereocenters. The number of hydrogen-bond acceptors (Lipinski definition) is 9. The van der Waals surface area contributed by atoms with Crippen molar-refractivity contribution in [3.8, 4) is 0 Å². The van der Waals surface area contributed by atoms with Crippen LogP contribution in [0.2, 0.25) is 0 Å². The summed E-state index contributed by atoms with van der Waals surface area (Å²) in [6.45, 7) is 2.83. The molecule has 0 aromatic heterocycles. The monoisotopic (exact) mass is 594 g/mol. The number of carboxylic acids is 1. The molecule has 0 spiro atoms. The van der Waals surface area contributed by atoms with Gasteiger partial charge in [-0.25, -0.2) is 22.4 Å². The number of ether oxygens (including phenoxy) is 1. The molecule has 11 nitrogen and oxygen atoms in total. The Kier molecular flexibility index (Phi) is 9.82. The van der Waals surface area contributed by atoms with Crippen molar-refractivity contribution in [2.45, 2.75) is 35.7 Å². The summed E-state index contributed by atoms with van der Waals surface area (Å²) in [6.07, 6.45) is 3.22. The van der Waals surface area contributed by atoms with Crippen LogP contribution in [0.3, 0.4) is 0 Å². The second kappa shape index (κ2) is 13.1. The van der Waals surface area contributed by atoms with Crippen molar-refractivity contribution >= 4 is 39.8 Å². The molecule has 1 unspecified atom stereocenters. The Morgan fingerprint density at radius 3 is 2.62 bits per heavy atom. The fraction of sp³-hybridized carbons (Fsp3) is 0.462. The van der Waals surface area contributed by atoms with Gasteiger partial charge in [0.05, 0.1) is 4.90 Å². The maximum atomic E-state index is 13.3. The van der Waals surface area contributed by atoms with Gasteiger partial charge in [-0.1, -0.05) is 6.08 Å². The summed E-state index contributed by atoms with van der Waals surface area (Å²) in [5.74, 6) is 0.714. The van der Waals surface area contributed by atoms with Gasteiger partial charge >= 0.3 is 12.1 Å². The lowest BCUT2D eigenvalue weighted by molar-refractivity contribution is -0.139. The van der Waals surface area contributed by atoms with Crippen molar-refractivity contribution in [1.82, 2.24) is 19.4 Å². The van der Waals surface area contributed by atoms with E-state index < -0.39 is 39.4 Å². The number of thioether (sulfide) groups is 1. The van der Waals surface area contributed by atoms with Gasteiger partial charge in [-0.2, -0.15) is 4.31 Å². The number of nitrogens with zero attached hydrogens (tertiary/aromatic N) is 3. The van der Waals surface area contributed by atoms with Crippen LogP contribution in [0.1, 0.15) is 19.3 Å². The molecular formula is C26H31FN4O7S2. The number of carbonyl (C=O) groups excluding carboxylic acids is 2. The maximum Gasteiger partial charge on any atom is 0.414 e. The molecule has 2 fully saturated rings. The van der Waals surface area contributed by atoms with Gasteiger partial charge in [0.1, 0.15) is 29.1 Å². The van der Waals surface area contributed by atoms with Crippen LogP contribution in [-0.2, 0) is 24.3 Å². The zero-order valence-corrected chi connectivity index (χ0v) is 23.5. The van der Waals surface area contributed by atoms with E-state index in [1.54, 1.807) is 4.90 Å². The van der Waals surface area contributed by atoms with Crippen LogP contribution in [0.15, 0.2) is 58.2 Å². The third-order valence-corrected chi connectivity index (χ3v) is 10.0. The third-order valence-electron chi connectivity index (χ3n) is 6.86. The summed E-state index contributed by atoms with van der Waals surface area (Å²) >= 11 is 1.23. The molecule has 0 bridgehead atoms. The van der Waals surface area contributed by atoms with E-state index in [0.29, 0.717) is 24.4 Å². The molecule has 2 saturated heterocycles. The minimum atomic E-state index is -4.01. The summed E-state index contributed by atoms with van der Waals surface area (Å²) in [5.41, 5.74) is -0.338. The van der Waals surface area contributed by atoms with Gasteiger partial charge in [-0.3, -0.25) is 10.1 Å². The van der Waals surface area contributed by atoms with Gasteiger partial charge in [0.2, 0.25) is 10.0 Å². The van der Waals surface area contributed by atoms with Crippen LogP contribution in [0, 0.1) is 5.82 Å². The normalized spacial score (nSPS) is 21.7. The van der Waals surface area contributed by atoms with E-state index in [9.17, 15) is 32.3 Å². The Morgan fingerprint density at radius 1 is 1.18 bits per heavy atom.